The van der Waals surface area contributed by atoms with E-state index >= 15 is 0 Å². The molecule has 1 atom stereocenters. The molecule has 2 nitrogen and oxygen atoms in total. The largest absolute Gasteiger partial charge is 0.508 e. The van der Waals surface area contributed by atoms with Gasteiger partial charge in [0.25, 0.3) is 0 Å². The first-order chi connectivity index (χ1) is 7.64. The van der Waals surface area contributed by atoms with Gasteiger partial charge in [-0.3, -0.25) is 4.79 Å². The van der Waals surface area contributed by atoms with Crippen molar-refractivity contribution < 1.29 is 9.90 Å². The predicted octanol–water partition coefficient (Wildman–Crippen LogP) is 3.87. The van der Waals surface area contributed by atoms with Gasteiger partial charge in [-0.2, -0.15) is 0 Å². The number of carbonyl (C=O) groups is 1. The van der Waals surface area contributed by atoms with Gasteiger partial charge in [0.15, 0.2) is 0 Å². The number of halogens is 1. The lowest BCUT2D eigenvalue weighted by Crippen LogP contribution is -2.13. The van der Waals surface area contributed by atoms with Gasteiger partial charge in [0.1, 0.15) is 5.75 Å². The van der Waals surface area contributed by atoms with Crippen LogP contribution in [0.3, 0.4) is 0 Å². The molecule has 0 fully saturated rings. The average Bonchev–Trinajstić information content (AvgIpc) is 2.18. The van der Waals surface area contributed by atoms with E-state index in [-0.39, 0.29) is 11.2 Å². The first kappa shape index (κ1) is 14.0. The van der Waals surface area contributed by atoms with Crippen molar-refractivity contribution >= 4 is 16.8 Å². The number of hydrogen-bond donors (Lipinski definition) is 1. The van der Waals surface area contributed by atoms with Gasteiger partial charge < -0.3 is 5.11 Å². The Morgan fingerprint density at radius 3 is 2.29 bits per heavy atom. The summed E-state index contributed by atoms with van der Waals surface area (Å²) in [6.45, 7) is 9.79. The quantitative estimate of drug-likeness (QED) is 0.814. The topological polar surface area (TPSA) is 37.3 Å². The van der Waals surface area contributed by atoms with E-state index in [4.69, 9.17) is 11.6 Å². The van der Waals surface area contributed by atoms with E-state index in [1.54, 1.807) is 13.0 Å². The number of aromatic hydroxyl groups is 1. The Morgan fingerprint density at radius 1 is 1.35 bits per heavy atom. The summed E-state index contributed by atoms with van der Waals surface area (Å²) in [5.41, 5.74) is 2.53. The monoisotopic (exact) mass is 254 g/mol. The second-order valence-corrected chi connectivity index (χ2v) is 5.87. The molecule has 3 heteroatoms. The molecule has 0 bridgehead atoms. The van der Waals surface area contributed by atoms with Crippen molar-refractivity contribution in [1.29, 1.82) is 0 Å². The van der Waals surface area contributed by atoms with Crippen LogP contribution < -0.4 is 0 Å². The summed E-state index contributed by atoms with van der Waals surface area (Å²) in [4.78, 5) is 11.2. The molecule has 1 N–H and O–H groups in total. The maximum atomic E-state index is 11.2. The Bertz CT molecular complexity index is 444. The van der Waals surface area contributed by atoms with Crippen molar-refractivity contribution in [2.75, 3.05) is 0 Å². The van der Waals surface area contributed by atoms with Crippen LogP contribution in [0.4, 0.5) is 0 Å². The molecule has 1 unspecified atom stereocenters. The Hall–Kier alpha value is -1.02. The van der Waals surface area contributed by atoms with Gasteiger partial charge in [0.2, 0.25) is 5.24 Å². The van der Waals surface area contributed by atoms with Crippen LogP contribution in [0, 0.1) is 6.92 Å². The molecule has 0 heterocycles. The molecule has 1 rings (SSSR count). The molecule has 1 aromatic rings. The third-order valence-corrected chi connectivity index (χ3v) is 3.33. The third-order valence-electron chi connectivity index (χ3n) is 3.00. The van der Waals surface area contributed by atoms with Crippen LogP contribution in [0.15, 0.2) is 12.1 Å². The summed E-state index contributed by atoms with van der Waals surface area (Å²) in [7, 11) is 0. The van der Waals surface area contributed by atoms with Gasteiger partial charge in [-0.25, -0.2) is 0 Å². The molecule has 0 radical (unpaired) electrons. The molecule has 17 heavy (non-hydrogen) atoms. The highest BCUT2D eigenvalue weighted by molar-refractivity contribution is 6.64. The second-order valence-electron chi connectivity index (χ2n) is 5.50. The summed E-state index contributed by atoms with van der Waals surface area (Å²) >= 11 is 5.50. The summed E-state index contributed by atoms with van der Waals surface area (Å²) in [6.07, 6.45) is 0. The zero-order valence-electron chi connectivity index (χ0n) is 11.0. The summed E-state index contributed by atoms with van der Waals surface area (Å²) in [6, 6.07) is 3.59. The maximum Gasteiger partial charge on any atom is 0.228 e. The third kappa shape index (κ3) is 3.01. The molecule has 94 valence electrons. The number of carbonyl (C=O) groups excluding carboxylic acids is 1. The molecule has 0 aliphatic rings. The minimum atomic E-state index is -0.406. The molecular weight excluding hydrogens is 236 g/mol. The van der Waals surface area contributed by atoms with Crippen LogP contribution in [0.25, 0.3) is 0 Å². The molecule has 0 aromatic heterocycles. The Morgan fingerprint density at radius 2 is 1.88 bits per heavy atom. The summed E-state index contributed by atoms with van der Waals surface area (Å²) in [5.74, 6) is -0.167. The minimum absolute atomic E-state index is 0.123. The predicted molar refractivity (Wildman–Crippen MR) is 70.8 cm³/mol. The van der Waals surface area contributed by atoms with Gasteiger partial charge in [0, 0.05) is 0 Å². The minimum Gasteiger partial charge on any atom is -0.508 e. The van der Waals surface area contributed by atoms with E-state index in [0.29, 0.717) is 0 Å². The molecule has 0 saturated heterocycles. The lowest BCUT2D eigenvalue weighted by Gasteiger charge is -2.23. The van der Waals surface area contributed by atoms with Crippen LogP contribution in [-0.4, -0.2) is 10.3 Å². The Kier molecular flexibility index (Phi) is 3.88. The summed E-state index contributed by atoms with van der Waals surface area (Å²) < 4.78 is 0. The fourth-order valence-electron chi connectivity index (χ4n) is 1.90. The SMILES string of the molecule is Cc1cc(C(C)(C)C)c(O)cc1C(C)C(=O)Cl. The molecule has 0 aliphatic heterocycles. The number of aryl methyl sites for hydroxylation is 1. The molecule has 0 spiro atoms. The van der Waals surface area contributed by atoms with Gasteiger partial charge in [0.05, 0.1) is 5.92 Å². The van der Waals surface area contributed by atoms with E-state index in [2.05, 4.69) is 0 Å². The van der Waals surface area contributed by atoms with Gasteiger partial charge in [-0.1, -0.05) is 33.8 Å². The zero-order chi connectivity index (χ0) is 13.4. The molecule has 0 saturated carbocycles. The number of phenols is 1. The van der Waals surface area contributed by atoms with Gasteiger partial charge in [-0.05, 0) is 46.7 Å². The first-order valence-electron chi connectivity index (χ1n) is 5.68. The second kappa shape index (κ2) is 4.69. The van der Waals surface area contributed by atoms with E-state index in [9.17, 15) is 9.90 Å². The highest BCUT2D eigenvalue weighted by Gasteiger charge is 2.22. The number of benzene rings is 1. The van der Waals surface area contributed by atoms with Crippen molar-refractivity contribution in [1.82, 2.24) is 0 Å². The fraction of sp³-hybridized carbons (Fsp3) is 0.500. The number of phenolic OH excluding ortho intramolecular Hbond substituents is 1. The number of hydrogen-bond acceptors (Lipinski definition) is 2. The zero-order valence-corrected chi connectivity index (χ0v) is 11.7. The maximum absolute atomic E-state index is 11.2. The lowest BCUT2D eigenvalue weighted by atomic mass is 9.83. The highest BCUT2D eigenvalue weighted by atomic mass is 35.5. The van der Waals surface area contributed by atoms with Crippen LogP contribution in [0.5, 0.6) is 5.75 Å². The van der Waals surface area contributed by atoms with E-state index in [1.165, 1.54) is 0 Å². The molecule has 0 aliphatic carbocycles. The van der Waals surface area contributed by atoms with Gasteiger partial charge in [-0.15, -0.1) is 0 Å². The van der Waals surface area contributed by atoms with E-state index in [1.807, 2.05) is 33.8 Å². The normalized spacial score (nSPS) is 13.5. The van der Waals surface area contributed by atoms with Crippen molar-refractivity contribution in [3.05, 3.63) is 28.8 Å². The number of rotatable bonds is 2. The van der Waals surface area contributed by atoms with E-state index in [0.717, 1.165) is 16.7 Å². The van der Waals surface area contributed by atoms with Crippen LogP contribution in [-0.2, 0) is 10.2 Å². The van der Waals surface area contributed by atoms with Crippen molar-refractivity contribution in [3.8, 4) is 5.75 Å². The van der Waals surface area contributed by atoms with Crippen LogP contribution >= 0.6 is 11.6 Å². The molecular formula is C14H19ClO2. The first-order valence-corrected chi connectivity index (χ1v) is 6.05. The van der Waals surface area contributed by atoms with Crippen molar-refractivity contribution in [2.45, 2.75) is 46.0 Å². The van der Waals surface area contributed by atoms with E-state index < -0.39 is 11.2 Å². The Balaban J connectivity index is 3.33. The highest BCUT2D eigenvalue weighted by Crippen LogP contribution is 2.35. The summed E-state index contributed by atoms with van der Waals surface area (Å²) in [5, 5.41) is 9.62. The average molecular weight is 255 g/mol. The van der Waals surface area contributed by atoms with Crippen molar-refractivity contribution in [2.24, 2.45) is 0 Å². The fourth-order valence-corrected chi connectivity index (χ4v) is 2.02. The lowest BCUT2D eigenvalue weighted by molar-refractivity contribution is -0.112. The molecule has 0 amide bonds. The molecule has 1 aromatic carbocycles. The standard InChI is InChI=1S/C14H19ClO2/c1-8-6-11(14(3,4)5)12(16)7-10(8)9(2)13(15)17/h6-7,9,16H,1-5H3. The van der Waals surface area contributed by atoms with Crippen molar-refractivity contribution in [3.63, 3.8) is 0 Å². The van der Waals surface area contributed by atoms with Crippen LogP contribution in [0.2, 0.25) is 0 Å². The van der Waals surface area contributed by atoms with Crippen LogP contribution in [0.1, 0.15) is 50.3 Å². The Labute approximate surface area is 108 Å². The van der Waals surface area contributed by atoms with Gasteiger partial charge >= 0.3 is 0 Å². The smallest absolute Gasteiger partial charge is 0.228 e.